The largest absolute Gasteiger partial charge is 0.281 e. The van der Waals surface area contributed by atoms with Crippen molar-refractivity contribution in [3.05, 3.63) is 136 Å². The zero-order chi connectivity index (χ0) is 20.3. The minimum Gasteiger partial charge on any atom is -0.258 e. The van der Waals surface area contributed by atoms with Gasteiger partial charge < -0.3 is 0 Å². The molecule has 0 radical (unpaired) electrons. The molecule has 0 N–H and O–H groups in total. The maximum atomic E-state index is 12.3. The van der Waals surface area contributed by atoms with E-state index in [1.807, 2.05) is 109 Å². The molecule has 0 amide bonds. The fraction of sp³-hybridized carbons (Fsp3) is 0.0400. The molecule has 142 valence electrons. The molecule has 4 aromatic rings. The van der Waals surface area contributed by atoms with E-state index < -0.39 is 5.16 Å². The first kappa shape index (κ1) is 19.0. The summed E-state index contributed by atoms with van der Waals surface area (Å²) in [6, 6.07) is 34.9. The lowest BCUT2D eigenvalue weighted by Gasteiger charge is -2.31. The molecule has 0 aromatic heterocycles. The summed E-state index contributed by atoms with van der Waals surface area (Å²) in [6.45, 7) is 0. The van der Waals surface area contributed by atoms with Crippen LogP contribution in [-0.2, 0) is 5.16 Å². The maximum absolute atomic E-state index is 12.3. The molecule has 0 aliphatic heterocycles. The van der Waals surface area contributed by atoms with E-state index in [9.17, 15) is 10.1 Å². The van der Waals surface area contributed by atoms with Gasteiger partial charge in [-0.25, -0.2) is 0 Å². The van der Waals surface area contributed by atoms with Crippen LogP contribution < -0.4 is 0 Å². The van der Waals surface area contributed by atoms with E-state index in [-0.39, 0.29) is 10.6 Å². The van der Waals surface area contributed by atoms with E-state index in [4.69, 9.17) is 0 Å². The summed E-state index contributed by atoms with van der Waals surface area (Å²) >= 11 is 0. The number of rotatable bonds is 5. The number of nitro groups is 1. The van der Waals surface area contributed by atoms with Gasteiger partial charge in [-0.05, 0) is 22.8 Å². The monoisotopic (exact) mass is 397 g/mol. The molecular weight excluding hydrogens is 377 g/mol. The van der Waals surface area contributed by atoms with Gasteiger partial charge in [-0.1, -0.05) is 103 Å². The molecule has 0 spiro atoms. The predicted molar refractivity (Wildman–Crippen MR) is 121 cm³/mol. The third-order valence-corrected chi connectivity index (χ3v) is 6.16. The maximum Gasteiger partial charge on any atom is 0.281 e. The lowest BCUT2D eigenvalue weighted by atomic mass is 9.81. The second-order valence-corrected chi connectivity index (χ2v) is 7.73. The SMILES string of the molecule is O=[N+]([O-])c1c(-c2ccccc2)cccc1C(P)(c1ccccc1)c1ccccc1. The van der Waals surface area contributed by atoms with Gasteiger partial charge in [0, 0.05) is 5.56 Å². The van der Waals surface area contributed by atoms with Gasteiger partial charge in [0.05, 0.1) is 15.6 Å². The molecule has 1 unspecified atom stereocenters. The molecule has 3 nitrogen and oxygen atoms in total. The highest BCUT2D eigenvalue weighted by Crippen LogP contribution is 2.50. The highest BCUT2D eigenvalue weighted by atomic mass is 31.0. The summed E-state index contributed by atoms with van der Waals surface area (Å²) < 4.78 is 0. The molecule has 4 heteroatoms. The first-order chi connectivity index (χ1) is 14.1. The molecule has 4 rings (SSSR count). The fourth-order valence-corrected chi connectivity index (χ4v) is 4.41. The third-order valence-electron chi connectivity index (χ3n) is 5.19. The number of para-hydroxylation sites is 1. The van der Waals surface area contributed by atoms with Crippen LogP contribution >= 0.6 is 9.24 Å². The van der Waals surface area contributed by atoms with Gasteiger partial charge in [0.15, 0.2) is 0 Å². The lowest BCUT2D eigenvalue weighted by molar-refractivity contribution is -0.385. The Balaban J connectivity index is 2.06. The Morgan fingerprint density at radius 2 is 1.14 bits per heavy atom. The van der Waals surface area contributed by atoms with E-state index >= 15 is 0 Å². The Labute approximate surface area is 172 Å². The van der Waals surface area contributed by atoms with Crippen molar-refractivity contribution in [2.75, 3.05) is 0 Å². The number of hydrogen-bond acceptors (Lipinski definition) is 2. The second kappa shape index (κ2) is 7.98. The summed E-state index contributed by atoms with van der Waals surface area (Å²) in [7, 11) is 2.89. The van der Waals surface area contributed by atoms with Crippen LogP contribution in [0.4, 0.5) is 5.69 Å². The molecule has 0 aliphatic rings. The van der Waals surface area contributed by atoms with Gasteiger partial charge in [-0.2, -0.15) is 0 Å². The molecule has 0 bridgehead atoms. The molecule has 29 heavy (non-hydrogen) atoms. The Morgan fingerprint density at radius 3 is 1.62 bits per heavy atom. The normalized spacial score (nSPS) is 11.2. The van der Waals surface area contributed by atoms with Crippen LogP contribution in [0.5, 0.6) is 0 Å². The molecule has 0 fully saturated rings. The average Bonchev–Trinajstić information content (AvgIpc) is 2.79. The minimum absolute atomic E-state index is 0.126. The van der Waals surface area contributed by atoms with Crippen molar-refractivity contribution in [1.29, 1.82) is 0 Å². The molecular formula is C25H20NO2P. The summed E-state index contributed by atoms with van der Waals surface area (Å²) in [5, 5.41) is 11.6. The van der Waals surface area contributed by atoms with Crippen molar-refractivity contribution in [3.8, 4) is 11.1 Å². The summed E-state index contributed by atoms with van der Waals surface area (Å²) in [5.74, 6) is 0. The predicted octanol–water partition coefficient (Wildman–Crippen LogP) is 6.43. The molecule has 0 heterocycles. The summed E-state index contributed by atoms with van der Waals surface area (Å²) in [4.78, 5) is 12.1. The van der Waals surface area contributed by atoms with Crippen molar-refractivity contribution in [1.82, 2.24) is 0 Å². The number of benzene rings is 4. The highest BCUT2D eigenvalue weighted by Gasteiger charge is 2.38. The zero-order valence-corrected chi connectivity index (χ0v) is 16.9. The van der Waals surface area contributed by atoms with E-state index in [1.54, 1.807) is 0 Å². The molecule has 0 aliphatic carbocycles. The quantitative estimate of drug-likeness (QED) is 0.169. The van der Waals surface area contributed by atoms with Gasteiger partial charge in [-0.15, -0.1) is 9.24 Å². The van der Waals surface area contributed by atoms with Gasteiger partial charge in [0.2, 0.25) is 0 Å². The first-order valence-corrected chi connectivity index (χ1v) is 9.93. The third kappa shape index (κ3) is 3.46. The minimum atomic E-state index is -0.754. The van der Waals surface area contributed by atoms with Crippen molar-refractivity contribution in [2.24, 2.45) is 0 Å². The summed E-state index contributed by atoms with van der Waals surface area (Å²) in [6.07, 6.45) is 0. The molecule has 0 saturated carbocycles. The van der Waals surface area contributed by atoms with Crippen LogP contribution in [0.1, 0.15) is 16.7 Å². The summed E-state index contributed by atoms with van der Waals surface area (Å²) in [5.41, 5.74) is 4.17. The number of nitro benzene ring substituents is 1. The van der Waals surface area contributed by atoms with Crippen molar-refractivity contribution in [2.45, 2.75) is 5.16 Å². The highest BCUT2D eigenvalue weighted by molar-refractivity contribution is 7.19. The van der Waals surface area contributed by atoms with Crippen LogP contribution in [0.15, 0.2) is 109 Å². The molecule has 4 aromatic carbocycles. The van der Waals surface area contributed by atoms with Crippen LogP contribution in [0.3, 0.4) is 0 Å². The first-order valence-electron chi connectivity index (χ1n) is 9.35. The van der Waals surface area contributed by atoms with Crippen LogP contribution in [0, 0.1) is 10.1 Å². The van der Waals surface area contributed by atoms with Gasteiger partial charge in [0.1, 0.15) is 0 Å². The Morgan fingerprint density at radius 1 is 0.655 bits per heavy atom. The van der Waals surface area contributed by atoms with Gasteiger partial charge in [-0.3, -0.25) is 10.1 Å². The van der Waals surface area contributed by atoms with Gasteiger partial charge in [0.25, 0.3) is 5.69 Å². The fourth-order valence-electron chi connectivity index (χ4n) is 3.79. The standard InChI is InChI=1S/C25H20NO2P/c27-26(28)24-22(19-11-4-1-5-12-19)17-10-18-23(24)25(29,20-13-6-2-7-14-20)21-15-8-3-9-16-21/h1-18H,29H2. The van der Waals surface area contributed by atoms with Crippen molar-refractivity contribution in [3.63, 3.8) is 0 Å². The van der Waals surface area contributed by atoms with E-state index in [0.29, 0.717) is 11.1 Å². The smallest absolute Gasteiger partial charge is 0.258 e. The topological polar surface area (TPSA) is 43.1 Å². The molecule has 0 saturated heterocycles. The Kier molecular flexibility index (Phi) is 5.24. The second-order valence-electron chi connectivity index (χ2n) is 6.86. The molecule has 1 atom stereocenters. The number of hydrogen-bond donors (Lipinski definition) is 0. The van der Waals surface area contributed by atoms with Crippen molar-refractivity contribution >= 4 is 14.9 Å². The van der Waals surface area contributed by atoms with E-state index in [1.165, 1.54) is 0 Å². The number of nitrogens with zero attached hydrogens (tertiary/aromatic N) is 1. The van der Waals surface area contributed by atoms with Crippen molar-refractivity contribution < 1.29 is 4.92 Å². The van der Waals surface area contributed by atoms with Crippen LogP contribution in [-0.4, -0.2) is 4.92 Å². The Hall–Kier alpha value is -3.29. The van der Waals surface area contributed by atoms with E-state index in [2.05, 4.69) is 9.24 Å². The van der Waals surface area contributed by atoms with Gasteiger partial charge >= 0.3 is 0 Å². The zero-order valence-electron chi connectivity index (χ0n) is 15.7. The van der Waals surface area contributed by atoms with Crippen LogP contribution in [0.2, 0.25) is 0 Å². The van der Waals surface area contributed by atoms with E-state index in [0.717, 1.165) is 16.7 Å². The lowest BCUT2D eigenvalue weighted by Crippen LogP contribution is -2.23. The van der Waals surface area contributed by atoms with Crippen LogP contribution in [0.25, 0.3) is 11.1 Å². The average molecular weight is 397 g/mol. The Bertz CT molecular complexity index is 1090.